The first-order valence-corrected chi connectivity index (χ1v) is 7.49. The first-order chi connectivity index (χ1) is 8.79. The van der Waals surface area contributed by atoms with Crippen LogP contribution in [0.5, 0.6) is 0 Å². The molecule has 1 N–H and O–H groups in total. The first-order valence-electron chi connectivity index (χ1n) is 7.49. The van der Waals surface area contributed by atoms with Crippen molar-refractivity contribution < 1.29 is 9.53 Å². The van der Waals surface area contributed by atoms with Gasteiger partial charge in [0.2, 0.25) is 0 Å². The van der Waals surface area contributed by atoms with Crippen LogP contribution >= 0.6 is 0 Å². The van der Waals surface area contributed by atoms with E-state index in [1.807, 2.05) is 25.7 Å². The minimum absolute atomic E-state index is 0.158. The Kier molecular flexibility index (Phi) is 4.09. The number of carbonyl (C=O) groups is 1. The molecule has 2 fully saturated rings. The quantitative estimate of drug-likeness (QED) is 0.852. The van der Waals surface area contributed by atoms with Gasteiger partial charge in [0.25, 0.3) is 0 Å². The Morgan fingerprint density at radius 2 is 2.11 bits per heavy atom. The molecule has 1 saturated carbocycles. The van der Waals surface area contributed by atoms with Gasteiger partial charge in [-0.2, -0.15) is 0 Å². The van der Waals surface area contributed by atoms with Crippen molar-refractivity contribution in [2.45, 2.75) is 65.0 Å². The average Bonchev–Trinajstić information content (AvgIpc) is 2.83. The second kappa shape index (κ2) is 5.31. The third kappa shape index (κ3) is 4.37. The molecule has 2 rings (SSSR count). The Morgan fingerprint density at radius 1 is 1.42 bits per heavy atom. The Hall–Kier alpha value is -0.770. The Labute approximate surface area is 116 Å². The molecule has 1 heterocycles. The second-order valence-electron chi connectivity index (χ2n) is 7.41. The molecular weight excluding hydrogens is 240 g/mol. The van der Waals surface area contributed by atoms with Crippen LogP contribution in [0.15, 0.2) is 0 Å². The zero-order valence-electron chi connectivity index (χ0n) is 12.8. The predicted octanol–water partition coefficient (Wildman–Crippen LogP) is 2.78. The highest BCUT2D eigenvalue weighted by atomic mass is 16.6. The van der Waals surface area contributed by atoms with Crippen LogP contribution in [0.25, 0.3) is 0 Å². The van der Waals surface area contributed by atoms with Crippen molar-refractivity contribution in [2.24, 2.45) is 5.41 Å². The van der Waals surface area contributed by atoms with Crippen LogP contribution in [0, 0.1) is 5.41 Å². The van der Waals surface area contributed by atoms with Crippen molar-refractivity contribution in [3.63, 3.8) is 0 Å². The van der Waals surface area contributed by atoms with Crippen LogP contribution in [-0.4, -0.2) is 42.3 Å². The summed E-state index contributed by atoms with van der Waals surface area (Å²) in [6, 6.07) is 0.303. The minimum atomic E-state index is -0.404. The average molecular weight is 268 g/mol. The number of nitrogens with zero attached hydrogens (tertiary/aromatic N) is 1. The van der Waals surface area contributed by atoms with Crippen molar-refractivity contribution >= 4 is 6.09 Å². The molecule has 0 aromatic rings. The van der Waals surface area contributed by atoms with Gasteiger partial charge < -0.3 is 15.0 Å². The molecule has 4 heteroatoms. The Balaban J connectivity index is 1.77. The molecular formula is C15H28N2O2. The van der Waals surface area contributed by atoms with Crippen LogP contribution < -0.4 is 5.32 Å². The molecule has 1 aliphatic heterocycles. The summed E-state index contributed by atoms with van der Waals surface area (Å²) < 4.78 is 5.47. The fraction of sp³-hybridized carbons (Fsp3) is 0.933. The van der Waals surface area contributed by atoms with Gasteiger partial charge in [0.1, 0.15) is 5.60 Å². The van der Waals surface area contributed by atoms with Crippen LogP contribution in [0.4, 0.5) is 4.79 Å². The van der Waals surface area contributed by atoms with Crippen molar-refractivity contribution in [1.29, 1.82) is 0 Å². The van der Waals surface area contributed by atoms with Gasteiger partial charge in [-0.1, -0.05) is 6.92 Å². The highest BCUT2D eigenvalue weighted by molar-refractivity contribution is 5.69. The Morgan fingerprint density at radius 3 is 2.68 bits per heavy atom. The van der Waals surface area contributed by atoms with E-state index in [0.29, 0.717) is 11.5 Å². The van der Waals surface area contributed by atoms with E-state index in [0.717, 1.165) is 32.5 Å². The maximum absolute atomic E-state index is 12.1. The fourth-order valence-electron chi connectivity index (χ4n) is 2.54. The molecule has 2 aliphatic rings. The van der Waals surface area contributed by atoms with E-state index < -0.39 is 5.60 Å². The highest BCUT2D eigenvalue weighted by Crippen LogP contribution is 2.44. The summed E-state index contributed by atoms with van der Waals surface area (Å²) >= 11 is 0. The summed E-state index contributed by atoms with van der Waals surface area (Å²) in [6.45, 7) is 10.9. The van der Waals surface area contributed by atoms with Crippen molar-refractivity contribution in [1.82, 2.24) is 10.2 Å². The first kappa shape index (κ1) is 14.6. The van der Waals surface area contributed by atoms with E-state index in [9.17, 15) is 4.79 Å². The molecule has 4 nitrogen and oxygen atoms in total. The largest absolute Gasteiger partial charge is 0.444 e. The molecule has 110 valence electrons. The summed E-state index contributed by atoms with van der Waals surface area (Å²) in [4.78, 5) is 14.0. The topological polar surface area (TPSA) is 41.6 Å². The van der Waals surface area contributed by atoms with Gasteiger partial charge in [-0.3, -0.25) is 0 Å². The number of hydrogen-bond acceptors (Lipinski definition) is 3. The predicted molar refractivity (Wildman–Crippen MR) is 76.2 cm³/mol. The van der Waals surface area contributed by atoms with E-state index in [1.165, 1.54) is 12.8 Å². The molecule has 1 atom stereocenters. The van der Waals surface area contributed by atoms with Crippen molar-refractivity contribution in [3.8, 4) is 0 Å². The number of hydrogen-bond donors (Lipinski definition) is 1. The van der Waals surface area contributed by atoms with E-state index in [4.69, 9.17) is 4.74 Å². The van der Waals surface area contributed by atoms with Gasteiger partial charge in [0.05, 0.1) is 0 Å². The van der Waals surface area contributed by atoms with Gasteiger partial charge in [0, 0.05) is 25.7 Å². The number of ether oxygens (including phenoxy) is 1. The van der Waals surface area contributed by atoms with Gasteiger partial charge in [-0.25, -0.2) is 4.79 Å². The number of rotatable bonds is 4. The lowest BCUT2D eigenvalue weighted by atomic mass is 10.1. The lowest BCUT2D eigenvalue weighted by Gasteiger charge is -2.29. The summed E-state index contributed by atoms with van der Waals surface area (Å²) in [5.41, 5.74) is 0.120. The molecule has 1 aliphatic carbocycles. The monoisotopic (exact) mass is 268 g/mol. The Bertz CT molecular complexity index is 332. The summed E-state index contributed by atoms with van der Waals surface area (Å²) in [5, 5.41) is 3.53. The van der Waals surface area contributed by atoms with Crippen LogP contribution in [0.2, 0.25) is 0 Å². The smallest absolute Gasteiger partial charge is 0.410 e. The maximum atomic E-state index is 12.1. The molecule has 1 amide bonds. The lowest BCUT2D eigenvalue weighted by Crippen LogP contribution is -2.44. The zero-order chi connectivity index (χ0) is 14.1. The zero-order valence-corrected chi connectivity index (χ0v) is 12.8. The molecule has 0 bridgehead atoms. The molecule has 19 heavy (non-hydrogen) atoms. The summed E-state index contributed by atoms with van der Waals surface area (Å²) in [6.07, 6.45) is 4.68. The third-order valence-corrected chi connectivity index (χ3v) is 4.04. The van der Waals surface area contributed by atoms with E-state index in [1.54, 1.807) is 0 Å². The van der Waals surface area contributed by atoms with Gasteiger partial charge in [0.15, 0.2) is 0 Å². The molecule has 0 aromatic carbocycles. The minimum Gasteiger partial charge on any atom is -0.444 e. The molecule has 1 saturated heterocycles. The molecule has 1 unspecified atom stereocenters. The van der Waals surface area contributed by atoms with E-state index in [2.05, 4.69) is 12.2 Å². The SMILES string of the molecule is CC1(CNCC2CCCN2C(=O)OC(C)(C)C)CC1. The summed E-state index contributed by atoms with van der Waals surface area (Å²) in [5.74, 6) is 0. The van der Waals surface area contributed by atoms with Crippen LogP contribution in [0.1, 0.15) is 53.4 Å². The number of carbonyl (C=O) groups excluding carboxylic acids is 1. The number of amides is 1. The highest BCUT2D eigenvalue weighted by Gasteiger charge is 2.37. The molecule has 0 aromatic heterocycles. The van der Waals surface area contributed by atoms with E-state index >= 15 is 0 Å². The van der Waals surface area contributed by atoms with Crippen LogP contribution in [0.3, 0.4) is 0 Å². The third-order valence-electron chi connectivity index (χ3n) is 4.04. The van der Waals surface area contributed by atoms with Crippen molar-refractivity contribution in [2.75, 3.05) is 19.6 Å². The fourth-order valence-corrected chi connectivity index (χ4v) is 2.54. The van der Waals surface area contributed by atoms with Gasteiger partial charge in [-0.05, 0) is 51.9 Å². The normalized spacial score (nSPS) is 25.5. The van der Waals surface area contributed by atoms with E-state index in [-0.39, 0.29) is 6.09 Å². The number of nitrogens with one attached hydrogen (secondary N) is 1. The van der Waals surface area contributed by atoms with Crippen molar-refractivity contribution in [3.05, 3.63) is 0 Å². The lowest BCUT2D eigenvalue weighted by molar-refractivity contribution is 0.0226. The van der Waals surface area contributed by atoms with Gasteiger partial charge in [-0.15, -0.1) is 0 Å². The second-order valence-corrected chi connectivity index (χ2v) is 7.41. The summed E-state index contributed by atoms with van der Waals surface area (Å²) in [7, 11) is 0. The standard InChI is InChI=1S/C15H28N2O2/c1-14(2,3)19-13(18)17-9-5-6-12(17)10-16-11-15(4)7-8-15/h12,16H,5-11H2,1-4H3. The molecule has 0 spiro atoms. The number of likely N-dealkylation sites (tertiary alicyclic amines) is 1. The van der Waals surface area contributed by atoms with Crippen LogP contribution in [-0.2, 0) is 4.74 Å². The molecule has 0 radical (unpaired) electrons. The maximum Gasteiger partial charge on any atom is 0.410 e. The van der Waals surface area contributed by atoms with Gasteiger partial charge >= 0.3 is 6.09 Å².